The molecule has 2 N–H and O–H groups in total. The van der Waals surface area contributed by atoms with Crippen molar-refractivity contribution in [1.29, 1.82) is 0 Å². The number of nitrogens with zero attached hydrogens (tertiary/aromatic N) is 2. The average Bonchev–Trinajstić information content (AvgIpc) is 3.11. The molecular weight excluding hydrogens is 402 g/mol. The Morgan fingerprint density at radius 2 is 1.83 bits per heavy atom. The molecule has 1 heterocycles. The third-order valence-electron chi connectivity index (χ3n) is 4.83. The number of aliphatic carboxylic acids is 1. The molecule has 2 aromatic carbocycles. The number of carboxylic acid groups (broad SMARTS) is 1. The maximum Gasteiger partial charge on any atom is 0.326 e. The Kier molecular flexibility index (Phi) is 7.25. The van der Waals surface area contributed by atoms with Gasteiger partial charge in [-0.25, -0.2) is 9.78 Å². The van der Waals surface area contributed by atoms with E-state index in [9.17, 15) is 14.7 Å². The quantitative estimate of drug-likeness (QED) is 0.543. The second kappa shape index (κ2) is 10.1. The minimum Gasteiger partial charge on any atom is -0.480 e. The highest BCUT2D eigenvalue weighted by Crippen LogP contribution is 2.20. The van der Waals surface area contributed by atoms with Crippen LogP contribution in [0.2, 0.25) is 5.02 Å². The second-order valence-electron chi connectivity index (χ2n) is 7.03. The van der Waals surface area contributed by atoms with E-state index in [-0.39, 0.29) is 6.42 Å². The van der Waals surface area contributed by atoms with Crippen LogP contribution in [0.4, 0.5) is 0 Å². The number of nitrogens with one attached hydrogen (secondary N) is 1. The van der Waals surface area contributed by atoms with Gasteiger partial charge >= 0.3 is 5.97 Å². The van der Waals surface area contributed by atoms with Crippen LogP contribution in [-0.2, 0) is 24.2 Å². The molecule has 0 radical (unpaired) electrons. The standard InChI is InChI=1S/C23H24ClN3O3/c1-2-8-21-25-14-18(27(21)15-17-11-6-7-12-19(17)24)13-20(23(29)30)26-22(28)16-9-4-3-5-10-16/h3-7,9-12,14,20H,2,8,13,15H2,1H3,(H,26,28)(H,29,30)/t20-/m0/s1. The number of aromatic nitrogens is 2. The minimum absolute atomic E-state index is 0.120. The van der Waals surface area contributed by atoms with E-state index >= 15 is 0 Å². The molecule has 30 heavy (non-hydrogen) atoms. The van der Waals surface area contributed by atoms with Gasteiger partial charge in [0.25, 0.3) is 5.91 Å². The molecule has 0 unspecified atom stereocenters. The molecule has 0 saturated carbocycles. The Bertz CT molecular complexity index is 1020. The highest BCUT2D eigenvalue weighted by atomic mass is 35.5. The molecule has 3 aromatic rings. The molecule has 0 bridgehead atoms. The van der Waals surface area contributed by atoms with Crippen LogP contribution in [0.5, 0.6) is 0 Å². The summed E-state index contributed by atoms with van der Waals surface area (Å²) < 4.78 is 2.00. The van der Waals surface area contributed by atoms with Gasteiger partial charge in [-0.2, -0.15) is 0 Å². The number of benzene rings is 2. The van der Waals surface area contributed by atoms with Gasteiger partial charge in [0.05, 0.1) is 6.54 Å². The zero-order chi connectivity index (χ0) is 21.5. The number of carbonyl (C=O) groups is 2. The van der Waals surface area contributed by atoms with Crippen molar-refractivity contribution in [3.63, 3.8) is 0 Å². The van der Waals surface area contributed by atoms with E-state index in [1.165, 1.54) is 0 Å². The van der Waals surface area contributed by atoms with Gasteiger partial charge in [-0.1, -0.05) is 54.9 Å². The summed E-state index contributed by atoms with van der Waals surface area (Å²) in [5, 5.41) is 13.0. The molecule has 7 heteroatoms. The molecule has 3 rings (SSSR count). The Morgan fingerprint density at radius 1 is 1.13 bits per heavy atom. The summed E-state index contributed by atoms with van der Waals surface area (Å²) >= 11 is 6.33. The first-order chi connectivity index (χ1) is 14.5. The van der Waals surface area contributed by atoms with Gasteiger partial charge in [-0.05, 0) is 30.2 Å². The van der Waals surface area contributed by atoms with E-state index in [0.717, 1.165) is 29.9 Å². The van der Waals surface area contributed by atoms with E-state index in [4.69, 9.17) is 11.6 Å². The van der Waals surface area contributed by atoms with Crippen molar-refractivity contribution >= 4 is 23.5 Å². The lowest BCUT2D eigenvalue weighted by Crippen LogP contribution is -2.42. The Morgan fingerprint density at radius 3 is 2.50 bits per heavy atom. The van der Waals surface area contributed by atoms with Gasteiger partial charge < -0.3 is 15.0 Å². The van der Waals surface area contributed by atoms with Crippen molar-refractivity contribution in [2.45, 2.75) is 38.8 Å². The zero-order valence-corrected chi connectivity index (χ0v) is 17.5. The largest absolute Gasteiger partial charge is 0.480 e. The van der Waals surface area contributed by atoms with Crippen molar-refractivity contribution in [1.82, 2.24) is 14.9 Å². The normalized spacial score (nSPS) is 11.8. The van der Waals surface area contributed by atoms with E-state index in [1.54, 1.807) is 36.5 Å². The van der Waals surface area contributed by atoms with Crippen molar-refractivity contribution in [2.75, 3.05) is 0 Å². The summed E-state index contributed by atoms with van der Waals surface area (Å²) in [4.78, 5) is 28.8. The lowest BCUT2D eigenvalue weighted by molar-refractivity contribution is -0.139. The molecule has 156 valence electrons. The van der Waals surface area contributed by atoms with Gasteiger partial charge in [-0.3, -0.25) is 4.79 Å². The number of halogens is 1. The molecular formula is C23H24ClN3O3. The molecule has 6 nitrogen and oxygen atoms in total. The number of imidazole rings is 1. The molecule has 0 saturated heterocycles. The third kappa shape index (κ3) is 5.27. The zero-order valence-electron chi connectivity index (χ0n) is 16.7. The van der Waals surface area contributed by atoms with Crippen LogP contribution in [0, 0.1) is 0 Å². The summed E-state index contributed by atoms with van der Waals surface area (Å²) in [7, 11) is 0. The predicted molar refractivity (Wildman–Crippen MR) is 116 cm³/mol. The van der Waals surface area contributed by atoms with Crippen LogP contribution >= 0.6 is 11.6 Å². The Hall–Kier alpha value is -3.12. The van der Waals surface area contributed by atoms with Crippen molar-refractivity contribution in [3.05, 3.63) is 88.5 Å². The SMILES string of the molecule is CCCc1ncc(C[C@H](NC(=O)c2ccccc2)C(=O)O)n1Cc1ccccc1Cl. The second-order valence-corrected chi connectivity index (χ2v) is 7.43. The number of hydrogen-bond acceptors (Lipinski definition) is 3. The number of hydrogen-bond donors (Lipinski definition) is 2. The fraction of sp³-hybridized carbons (Fsp3) is 0.261. The van der Waals surface area contributed by atoms with E-state index < -0.39 is 17.9 Å². The van der Waals surface area contributed by atoms with Crippen LogP contribution in [0.3, 0.4) is 0 Å². The molecule has 1 amide bonds. The molecule has 0 aliphatic heterocycles. The van der Waals surface area contributed by atoms with Crippen LogP contribution in [0.1, 0.15) is 40.8 Å². The van der Waals surface area contributed by atoms with Crippen LogP contribution in [0.25, 0.3) is 0 Å². The lowest BCUT2D eigenvalue weighted by Gasteiger charge is -2.17. The molecule has 1 aromatic heterocycles. The summed E-state index contributed by atoms with van der Waals surface area (Å²) in [5.41, 5.74) is 2.08. The number of aryl methyl sites for hydroxylation is 1. The smallest absolute Gasteiger partial charge is 0.326 e. The van der Waals surface area contributed by atoms with Gasteiger partial charge in [0.1, 0.15) is 11.9 Å². The predicted octanol–water partition coefficient (Wildman–Crippen LogP) is 3.96. The Balaban J connectivity index is 1.85. The Labute approximate surface area is 180 Å². The summed E-state index contributed by atoms with van der Waals surface area (Å²) in [6.07, 6.45) is 3.48. The van der Waals surface area contributed by atoms with E-state index in [1.807, 2.05) is 28.8 Å². The fourth-order valence-corrected chi connectivity index (χ4v) is 3.47. The molecule has 0 spiro atoms. The first-order valence-corrected chi connectivity index (χ1v) is 10.2. The van der Waals surface area contributed by atoms with Crippen LogP contribution < -0.4 is 5.32 Å². The summed E-state index contributed by atoms with van der Waals surface area (Å²) in [6.45, 7) is 2.55. The first-order valence-electron chi connectivity index (χ1n) is 9.85. The van der Waals surface area contributed by atoms with Gasteiger partial charge in [-0.15, -0.1) is 0 Å². The van der Waals surface area contributed by atoms with E-state index in [0.29, 0.717) is 17.1 Å². The van der Waals surface area contributed by atoms with Gasteiger partial charge in [0.15, 0.2) is 0 Å². The fourth-order valence-electron chi connectivity index (χ4n) is 3.27. The van der Waals surface area contributed by atoms with E-state index in [2.05, 4.69) is 17.2 Å². The molecule has 1 atom stereocenters. The van der Waals surface area contributed by atoms with Gasteiger partial charge in [0, 0.05) is 35.3 Å². The number of amides is 1. The maximum atomic E-state index is 12.5. The highest BCUT2D eigenvalue weighted by Gasteiger charge is 2.24. The topological polar surface area (TPSA) is 84.2 Å². The van der Waals surface area contributed by atoms with Crippen molar-refractivity contribution in [3.8, 4) is 0 Å². The van der Waals surface area contributed by atoms with Crippen molar-refractivity contribution in [2.24, 2.45) is 0 Å². The number of carbonyl (C=O) groups excluding carboxylic acids is 1. The van der Waals surface area contributed by atoms with Crippen molar-refractivity contribution < 1.29 is 14.7 Å². The van der Waals surface area contributed by atoms with Crippen LogP contribution in [-0.4, -0.2) is 32.6 Å². The van der Waals surface area contributed by atoms with Crippen LogP contribution in [0.15, 0.2) is 60.8 Å². The third-order valence-corrected chi connectivity index (χ3v) is 5.20. The lowest BCUT2D eigenvalue weighted by atomic mass is 10.1. The number of rotatable bonds is 9. The number of carboxylic acids is 1. The van der Waals surface area contributed by atoms with Gasteiger partial charge in [0.2, 0.25) is 0 Å². The first kappa shape index (κ1) is 21.6. The maximum absolute atomic E-state index is 12.5. The summed E-state index contributed by atoms with van der Waals surface area (Å²) in [6, 6.07) is 15.0. The molecule has 0 aliphatic carbocycles. The molecule has 0 aliphatic rings. The molecule has 0 fully saturated rings. The highest BCUT2D eigenvalue weighted by molar-refractivity contribution is 6.31. The minimum atomic E-state index is -1.10. The summed E-state index contributed by atoms with van der Waals surface area (Å²) in [5.74, 6) is -0.651. The monoisotopic (exact) mass is 425 g/mol. The average molecular weight is 426 g/mol.